The summed E-state index contributed by atoms with van der Waals surface area (Å²) in [6.45, 7) is 4.63. The second kappa shape index (κ2) is 6.38. The Morgan fingerprint density at radius 1 is 1.60 bits per heavy atom. The molecule has 0 bridgehead atoms. The minimum Gasteiger partial charge on any atom is -0.384 e. The van der Waals surface area contributed by atoms with Crippen LogP contribution in [0.1, 0.15) is 20.3 Å². The van der Waals surface area contributed by atoms with Gasteiger partial charge in [-0.2, -0.15) is 0 Å². The van der Waals surface area contributed by atoms with E-state index in [0.29, 0.717) is 0 Å². The maximum absolute atomic E-state index is 4.88. The Hall–Kier alpha value is -0.740. The quantitative estimate of drug-likeness (QED) is 0.428. The molecule has 0 N–H and O–H groups in total. The van der Waals surface area contributed by atoms with Gasteiger partial charge in [0.2, 0.25) is 0 Å². The number of hydrogen-bond acceptors (Lipinski definition) is 1. The summed E-state index contributed by atoms with van der Waals surface area (Å²) in [5, 5.41) is 0. The maximum Gasteiger partial charge on any atom is 0.0497 e. The lowest BCUT2D eigenvalue weighted by Crippen LogP contribution is -1.84. The molecule has 0 aliphatic rings. The van der Waals surface area contributed by atoms with Crippen LogP contribution >= 0.6 is 0 Å². The first kappa shape index (κ1) is 9.26. The third-order valence-electron chi connectivity index (χ3n) is 1.09. The van der Waals surface area contributed by atoms with Crippen molar-refractivity contribution < 1.29 is 4.74 Å². The average Bonchev–Trinajstić information content (AvgIpc) is 1.89. The van der Waals surface area contributed by atoms with Crippen LogP contribution in [-0.4, -0.2) is 13.7 Å². The zero-order valence-electron chi connectivity index (χ0n) is 6.90. The Kier molecular flexibility index (Phi) is 5.91. The normalized spacial score (nSPS) is 10.5. The van der Waals surface area contributed by atoms with Crippen molar-refractivity contribution >= 4 is 0 Å². The van der Waals surface area contributed by atoms with Gasteiger partial charge in [-0.3, -0.25) is 0 Å². The molecule has 0 unspecified atom stereocenters. The number of methoxy groups -OCH3 is 1. The summed E-state index contributed by atoms with van der Waals surface area (Å²) in [6.07, 6.45) is 3.04. The molecule has 0 radical (unpaired) electrons. The molecule has 0 aliphatic carbocycles. The Balaban J connectivity index is 3.54. The first-order valence-corrected chi connectivity index (χ1v) is 3.39. The Labute approximate surface area is 63.1 Å². The van der Waals surface area contributed by atoms with E-state index < -0.39 is 0 Å². The van der Waals surface area contributed by atoms with Crippen LogP contribution in [0.2, 0.25) is 0 Å². The van der Waals surface area contributed by atoms with E-state index in [9.17, 15) is 0 Å². The first-order chi connectivity index (χ1) is 4.81. The molecule has 56 valence electrons. The number of allylic oxidation sites excluding steroid dienone is 1. The zero-order chi connectivity index (χ0) is 7.82. The number of ether oxygens (including phenoxy) is 1. The predicted octanol–water partition coefficient (Wildman–Crippen LogP) is 1.99. The lowest BCUT2D eigenvalue weighted by atomic mass is 10.2. The molecule has 0 aromatic heterocycles. The van der Waals surface area contributed by atoms with Crippen molar-refractivity contribution in [1.82, 2.24) is 0 Å². The molecule has 0 amide bonds. The monoisotopic (exact) mass is 138 g/mol. The summed E-state index contributed by atoms with van der Waals surface area (Å²) < 4.78 is 4.88. The highest BCUT2D eigenvalue weighted by atomic mass is 16.5. The van der Waals surface area contributed by atoms with Crippen molar-refractivity contribution in [2.75, 3.05) is 13.7 Å². The summed E-state index contributed by atoms with van der Waals surface area (Å²) in [6, 6.07) is 0. The molecule has 0 saturated carbocycles. The number of rotatable bonds is 3. The second-order valence-electron chi connectivity index (χ2n) is 2.04. The topological polar surface area (TPSA) is 9.23 Å². The maximum atomic E-state index is 4.88. The van der Waals surface area contributed by atoms with Crippen molar-refractivity contribution in [3.63, 3.8) is 0 Å². The second-order valence-corrected chi connectivity index (χ2v) is 2.04. The molecule has 0 aliphatic heterocycles. The lowest BCUT2D eigenvalue weighted by Gasteiger charge is -1.91. The SMILES string of the molecule is CC#CC(C)=CCCOC. The Bertz CT molecular complexity index is 157. The van der Waals surface area contributed by atoms with E-state index >= 15 is 0 Å². The van der Waals surface area contributed by atoms with E-state index in [1.165, 1.54) is 0 Å². The molecule has 0 atom stereocenters. The Morgan fingerprint density at radius 3 is 2.80 bits per heavy atom. The fourth-order valence-electron chi connectivity index (χ4n) is 0.641. The van der Waals surface area contributed by atoms with E-state index in [0.717, 1.165) is 18.6 Å². The summed E-state index contributed by atoms with van der Waals surface area (Å²) in [5.41, 5.74) is 1.12. The third-order valence-corrected chi connectivity index (χ3v) is 1.09. The van der Waals surface area contributed by atoms with E-state index in [4.69, 9.17) is 4.74 Å². The molecule has 10 heavy (non-hydrogen) atoms. The minimum absolute atomic E-state index is 0.780. The standard InChI is InChI=1S/C9H14O/c1-4-6-9(2)7-5-8-10-3/h7H,5,8H2,1-3H3. The van der Waals surface area contributed by atoms with Crippen LogP contribution in [-0.2, 0) is 4.74 Å². The van der Waals surface area contributed by atoms with Gasteiger partial charge in [0.15, 0.2) is 0 Å². The predicted molar refractivity (Wildman–Crippen MR) is 43.7 cm³/mol. The van der Waals surface area contributed by atoms with Gasteiger partial charge in [0, 0.05) is 13.7 Å². The van der Waals surface area contributed by atoms with Crippen LogP contribution in [0.5, 0.6) is 0 Å². The van der Waals surface area contributed by atoms with Crippen LogP contribution in [0.25, 0.3) is 0 Å². The van der Waals surface area contributed by atoms with E-state index in [-0.39, 0.29) is 0 Å². The highest BCUT2D eigenvalue weighted by molar-refractivity contribution is 5.25. The molecule has 1 nitrogen and oxygen atoms in total. The Morgan fingerprint density at radius 2 is 2.30 bits per heavy atom. The molecular weight excluding hydrogens is 124 g/mol. The fraction of sp³-hybridized carbons (Fsp3) is 0.556. The zero-order valence-corrected chi connectivity index (χ0v) is 6.90. The van der Waals surface area contributed by atoms with Crippen LogP contribution < -0.4 is 0 Å². The van der Waals surface area contributed by atoms with Crippen molar-refractivity contribution in [3.8, 4) is 11.8 Å². The van der Waals surface area contributed by atoms with Gasteiger partial charge in [-0.15, -0.1) is 5.92 Å². The van der Waals surface area contributed by atoms with E-state index in [2.05, 4.69) is 17.9 Å². The van der Waals surface area contributed by atoms with Crippen molar-refractivity contribution in [2.45, 2.75) is 20.3 Å². The average molecular weight is 138 g/mol. The van der Waals surface area contributed by atoms with Crippen molar-refractivity contribution in [2.24, 2.45) is 0 Å². The summed E-state index contributed by atoms with van der Waals surface area (Å²) in [7, 11) is 1.70. The number of hydrogen-bond donors (Lipinski definition) is 0. The third kappa shape index (κ3) is 5.40. The van der Waals surface area contributed by atoms with Crippen molar-refractivity contribution in [1.29, 1.82) is 0 Å². The van der Waals surface area contributed by atoms with E-state index in [1.54, 1.807) is 7.11 Å². The molecular formula is C9H14O. The van der Waals surface area contributed by atoms with Crippen LogP contribution in [0.15, 0.2) is 11.6 Å². The van der Waals surface area contributed by atoms with Crippen LogP contribution in [0.3, 0.4) is 0 Å². The van der Waals surface area contributed by atoms with Crippen molar-refractivity contribution in [3.05, 3.63) is 11.6 Å². The van der Waals surface area contributed by atoms with Crippen LogP contribution in [0.4, 0.5) is 0 Å². The van der Waals surface area contributed by atoms with Gasteiger partial charge in [-0.05, 0) is 25.8 Å². The fourth-order valence-corrected chi connectivity index (χ4v) is 0.641. The lowest BCUT2D eigenvalue weighted by molar-refractivity contribution is 0.204. The largest absolute Gasteiger partial charge is 0.384 e. The molecule has 0 rings (SSSR count). The van der Waals surface area contributed by atoms with Gasteiger partial charge in [-0.1, -0.05) is 12.0 Å². The first-order valence-electron chi connectivity index (χ1n) is 3.39. The molecule has 0 aromatic carbocycles. The van der Waals surface area contributed by atoms with Gasteiger partial charge in [-0.25, -0.2) is 0 Å². The summed E-state index contributed by atoms with van der Waals surface area (Å²) in [5.74, 6) is 5.80. The van der Waals surface area contributed by atoms with E-state index in [1.807, 2.05) is 13.8 Å². The van der Waals surface area contributed by atoms with Gasteiger partial charge < -0.3 is 4.74 Å². The molecule has 1 heteroatoms. The molecule has 0 aromatic rings. The summed E-state index contributed by atoms with van der Waals surface area (Å²) in [4.78, 5) is 0. The van der Waals surface area contributed by atoms with Gasteiger partial charge >= 0.3 is 0 Å². The highest BCUT2D eigenvalue weighted by Crippen LogP contribution is 1.92. The van der Waals surface area contributed by atoms with Gasteiger partial charge in [0.25, 0.3) is 0 Å². The molecule has 0 fully saturated rings. The van der Waals surface area contributed by atoms with Gasteiger partial charge in [0.05, 0.1) is 0 Å². The highest BCUT2D eigenvalue weighted by Gasteiger charge is 1.80. The van der Waals surface area contributed by atoms with Gasteiger partial charge in [0.1, 0.15) is 0 Å². The minimum atomic E-state index is 0.780. The molecule has 0 heterocycles. The molecule has 0 saturated heterocycles. The summed E-state index contributed by atoms with van der Waals surface area (Å²) >= 11 is 0. The molecule has 0 spiro atoms. The van der Waals surface area contributed by atoms with Crippen LogP contribution in [0, 0.1) is 11.8 Å². The smallest absolute Gasteiger partial charge is 0.0497 e.